The van der Waals surface area contributed by atoms with Gasteiger partial charge in [0.25, 0.3) is 0 Å². The Morgan fingerprint density at radius 2 is 1.83 bits per heavy atom. The molecule has 2 aromatic rings. The Morgan fingerprint density at radius 1 is 1.17 bits per heavy atom. The number of ether oxygens (including phenoxy) is 1. The second-order valence-corrected chi connectivity index (χ2v) is 4.96. The first kappa shape index (κ1) is 13.0. The summed E-state index contributed by atoms with van der Waals surface area (Å²) in [5.74, 6) is 0.428. The van der Waals surface area contributed by atoms with Gasteiger partial charge in [0.1, 0.15) is 18.2 Å². The fraction of sp³-hybridized carbons (Fsp3) is 0.214. The maximum atomic E-state index is 12.9. The van der Waals surface area contributed by atoms with Crippen LogP contribution in [0.15, 0.2) is 35.1 Å². The highest BCUT2D eigenvalue weighted by atomic mass is 79.9. The molecular formula is C14H13BrFNO. The minimum absolute atomic E-state index is 0.311. The molecule has 0 bridgehead atoms. The standard InChI is InChI=1S/C14H13BrFNO/c1-9-3-13(4-10(2)14(9)15)18-8-11-5-12(16)7-17-6-11/h3-7H,8H2,1-2H3. The van der Waals surface area contributed by atoms with Crippen LogP contribution in [0.5, 0.6) is 5.75 Å². The molecule has 0 aliphatic rings. The quantitative estimate of drug-likeness (QED) is 0.848. The van der Waals surface area contributed by atoms with Crippen LogP contribution in [0.4, 0.5) is 4.39 Å². The van der Waals surface area contributed by atoms with Gasteiger partial charge < -0.3 is 4.74 Å². The molecule has 0 fully saturated rings. The van der Waals surface area contributed by atoms with Crippen LogP contribution in [0.1, 0.15) is 16.7 Å². The molecule has 0 saturated carbocycles. The van der Waals surface area contributed by atoms with E-state index in [-0.39, 0.29) is 5.82 Å². The van der Waals surface area contributed by atoms with E-state index in [2.05, 4.69) is 20.9 Å². The van der Waals surface area contributed by atoms with Gasteiger partial charge in [-0.25, -0.2) is 4.39 Å². The van der Waals surface area contributed by atoms with Crippen LogP contribution in [0, 0.1) is 19.7 Å². The summed E-state index contributed by atoms with van der Waals surface area (Å²) >= 11 is 3.50. The minimum atomic E-state index is -0.348. The molecule has 0 N–H and O–H groups in total. The van der Waals surface area contributed by atoms with Crippen LogP contribution in [0.2, 0.25) is 0 Å². The summed E-state index contributed by atoms with van der Waals surface area (Å²) in [4.78, 5) is 3.78. The van der Waals surface area contributed by atoms with Crippen molar-refractivity contribution >= 4 is 15.9 Å². The molecule has 2 nitrogen and oxygen atoms in total. The third-order valence-corrected chi connectivity index (χ3v) is 3.83. The van der Waals surface area contributed by atoms with Crippen LogP contribution < -0.4 is 4.74 Å². The summed E-state index contributed by atoms with van der Waals surface area (Å²) in [5.41, 5.74) is 2.94. The Morgan fingerprint density at radius 3 is 2.44 bits per heavy atom. The van der Waals surface area contributed by atoms with Gasteiger partial charge >= 0.3 is 0 Å². The van der Waals surface area contributed by atoms with Crippen molar-refractivity contribution in [2.75, 3.05) is 0 Å². The van der Waals surface area contributed by atoms with Gasteiger partial charge in [0.2, 0.25) is 0 Å². The molecule has 18 heavy (non-hydrogen) atoms. The molecule has 0 amide bonds. The first-order chi connectivity index (χ1) is 8.56. The van der Waals surface area contributed by atoms with E-state index in [1.807, 2.05) is 26.0 Å². The molecule has 0 radical (unpaired) electrons. The van der Waals surface area contributed by atoms with E-state index in [0.29, 0.717) is 12.2 Å². The van der Waals surface area contributed by atoms with Gasteiger partial charge in [-0.05, 0) is 43.2 Å². The molecule has 94 valence electrons. The summed E-state index contributed by atoms with van der Waals surface area (Å²) < 4.78 is 19.7. The van der Waals surface area contributed by atoms with Crippen molar-refractivity contribution in [1.29, 1.82) is 0 Å². The Kier molecular flexibility index (Phi) is 3.97. The van der Waals surface area contributed by atoms with Crippen molar-refractivity contribution in [3.8, 4) is 5.75 Å². The third kappa shape index (κ3) is 3.07. The zero-order valence-corrected chi connectivity index (χ0v) is 11.8. The van der Waals surface area contributed by atoms with Crippen molar-refractivity contribution in [2.24, 2.45) is 0 Å². The van der Waals surface area contributed by atoms with Gasteiger partial charge in [0, 0.05) is 16.2 Å². The molecule has 0 unspecified atom stereocenters. The molecule has 0 saturated heterocycles. The molecule has 1 aromatic heterocycles. The Balaban J connectivity index is 2.11. The molecule has 1 heterocycles. The van der Waals surface area contributed by atoms with Gasteiger partial charge in [-0.15, -0.1) is 0 Å². The SMILES string of the molecule is Cc1cc(OCc2cncc(F)c2)cc(C)c1Br. The highest BCUT2D eigenvalue weighted by Crippen LogP contribution is 2.26. The van der Waals surface area contributed by atoms with Crippen LogP contribution in [-0.2, 0) is 6.61 Å². The van der Waals surface area contributed by atoms with E-state index in [0.717, 1.165) is 21.3 Å². The summed E-state index contributed by atoms with van der Waals surface area (Å²) in [6, 6.07) is 5.32. The molecule has 2 rings (SSSR count). The number of aromatic nitrogens is 1. The van der Waals surface area contributed by atoms with Gasteiger partial charge in [0.15, 0.2) is 0 Å². The second-order valence-electron chi connectivity index (χ2n) is 4.17. The summed E-state index contributed by atoms with van der Waals surface area (Å²) in [5, 5.41) is 0. The summed E-state index contributed by atoms with van der Waals surface area (Å²) in [6.07, 6.45) is 2.78. The van der Waals surface area contributed by atoms with Crippen molar-refractivity contribution in [3.05, 3.63) is 57.6 Å². The van der Waals surface area contributed by atoms with Crippen LogP contribution in [0.3, 0.4) is 0 Å². The van der Waals surface area contributed by atoms with E-state index in [1.54, 1.807) is 6.20 Å². The zero-order valence-electron chi connectivity index (χ0n) is 10.2. The van der Waals surface area contributed by atoms with Crippen molar-refractivity contribution in [1.82, 2.24) is 4.98 Å². The van der Waals surface area contributed by atoms with Crippen molar-refractivity contribution in [2.45, 2.75) is 20.5 Å². The maximum Gasteiger partial charge on any atom is 0.141 e. The van der Waals surface area contributed by atoms with E-state index in [9.17, 15) is 4.39 Å². The lowest BCUT2D eigenvalue weighted by Gasteiger charge is -2.10. The first-order valence-corrected chi connectivity index (χ1v) is 6.34. The highest BCUT2D eigenvalue weighted by molar-refractivity contribution is 9.10. The smallest absolute Gasteiger partial charge is 0.141 e. The van der Waals surface area contributed by atoms with E-state index < -0.39 is 0 Å². The molecule has 0 aliphatic heterocycles. The lowest BCUT2D eigenvalue weighted by Crippen LogP contribution is -1.98. The number of nitrogens with zero attached hydrogens (tertiary/aromatic N) is 1. The van der Waals surface area contributed by atoms with Gasteiger partial charge in [0.05, 0.1) is 6.20 Å². The van der Waals surface area contributed by atoms with Crippen molar-refractivity contribution < 1.29 is 9.13 Å². The molecule has 0 spiro atoms. The predicted molar refractivity (Wildman–Crippen MR) is 72.1 cm³/mol. The number of halogens is 2. The van der Waals surface area contributed by atoms with E-state index >= 15 is 0 Å². The monoisotopic (exact) mass is 309 g/mol. The lowest BCUT2D eigenvalue weighted by atomic mass is 10.1. The largest absolute Gasteiger partial charge is 0.489 e. The molecule has 1 aromatic carbocycles. The number of hydrogen-bond acceptors (Lipinski definition) is 2. The fourth-order valence-electron chi connectivity index (χ4n) is 1.69. The maximum absolute atomic E-state index is 12.9. The number of benzene rings is 1. The number of rotatable bonds is 3. The normalized spacial score (nSPS) is 10.4. The summed E-state index contributed by atoms with van der Waals surface area (Å²) in [6.45, 7) is 4.33. The average molecular weight is 310 g/mol. The van der Waals surface area contributed by atoms with Gasteiger partial charge in [-0.1, -0.05) is 15.9 Å². The third-order valence-electron chi connectivity index (χ3n) is 2.58. The van der Waals surface area contributed by atoms with E-state index in [4.69, 9.17) is 4.74 Å². The Bertz CT molecular complexity index is 548. The van der Waals surface area contributed by atoms with E-state index in [1.165, 1.54) is 12.3 Å². The van der Waals surface area contributed by atoms with Gasteiger partial charge in [-0.2, -0.15) is 0 Å². The molecule has 4 heteroatoms. The number of pyridine rings is 1. The minimum Gasteiger partial charge on any atom is -0.489 e. The van der Waals surface area contributed by atoms with Crippen molar-refractivity contribution in [3.63, 3.8) is 0 Å². The fourth-order valence-corrected chi connectivity index (χ4v) is 1.92. The molecule has 0 atom stereocenters. The van der Waals surface area contributed by atoms with Crippen LogP contribution in [0.25, 0.3) is 0 Å². The number of hydrogen-bond donors (Lipinski definition) is 0. The summed E-state index contributed by atoms with van der Waals surface area (Å²) in [7, 11) is 0. The Hall–Kier alpha value is -1.42. The Labute approximate surface area is 114 Å². The number of aryl methyl sites for hydroxylation is 2. The zero-order chi connectivity index (χ0) is 13.1. The predicted octanol–water partition coefficient (Wildman–Crippen LogP) is 4.18. The molecule has 0 aliphatic carbocycles. The lowest BCUT2D eigenvalue weighted by molar-refractivity contribution is 0.304. The van der Waals surface area contributed by atoms with Crippen LogP contribution in [-0.4, -0.2) is 4.98 Å². The van der Waals surface area contributed by atoms with Gasteiger partial charge in [-0.3, -0.25) is 4.98 Å². The highest BCUT2D eigenvalue weighted by Gasteiger charge is 2.04. The first-order valence-electron chi connectivity index (χ1n) is 5.55. The topological polar surface area (TPSA) is 22.1 Å². The second kappa shape index (κ2) is 5.48. The average Bonchev–Trinajstić information content (AvgIpc) is 2.33. The molecular weight excluding hydrogens is 297 g/mol. The van der Waals surface area contributed by atoms with Crippen LogP contribution >= 0.6 is 15.9 Å².